The molecule has 432 valence electrons. The number of rotatable bonds is 8. The van der Waals surface area contributed by atoms with Crippen molar-refractivity contribution in [1.82, 2.24) is 9.13 Å². The van der Waals surface area contributed by atoms with Gasteiger partial charge in [-0.25, -0.2) is 0 Å². The van der Waals surface area contributed by atoms with Crippen LogP contribution in [0, 0.1) is 0 Å². The molecule has 0 aliphatic carbocycles. The summed E-state index contributed by atoms with van der Waals surface area (Å²) in [5.74, 6) is 0. The first-order valence-electron chi connectivity index (χ1n) is 31.9. The Kier molecular flexibility index (Phi) is 11.3. The average molecular weight is 1200 g/mol. The zero-order valence-corrected chi connectivity index (χ0v) is 51.1. The molecule has 0 saturated heterocycles. The summed E-state index contributed by atoms with van der Waals surface area (Å²) < 4.78 is 15.1. The summed E-state index contributed by atoms with van der Waals surface area (Å²) in [7, 11) is 0. The summed E-state index contributed by atoms with van der Waals surface area (Å²) >= 11 is 1.93. The van der Waals surface area contributed by atoms with Crippen molar-refractivity contribution in [3.05, 3.63) is 322 Å². The van der Waals surface area contributed by atoms with Crippen molar-refractivity contribution in [3.8, 4) is 55.9 Å². The molecule has 2 aliphatic rings. The molecule has 0 unspecified atom stereocenters. The van der Waals surface area contributed by atoms with Crippen LogP contribution in [0.15, 0.2) is 326 Å². The van der Waals surface area contributed by atoms with Gasteiger partial charge in [-0.1, -0.05) is 249 Å². The number of anilines is 6. The lowest BCUT2D eigenvalue weighted by Crippen LogP contribution is -2.60. The molecule has 7 heteroatoms. The van der Waals surface area contributed by atoms with Gasteiger partial charge in [0.2, 0.25) is 0 Å². The Labute approximate surface area is 540 Å². The summed E-state index contributed by atoms with van der Waals surface area (Å²) in [6, 6.07) is 119. The van der Waals surface area contributed by atoms with Crippen LogP contribution in [0.2, 0.25) is 0 Å². The Morgan fingerprint density at radius 2 is 0.710 bits per heavy atom. The first kappa shape index (κ1) is 51.9. The van der Waals surface area contributed by atoms with E-state index in [1.54, 1.807) is 0 Å². The molecule has 14 aromatic carbocycles. The van der Waals surface area contributed by atoms with Gasteiger partial charge in [-0.15, -0.1) is 11.3 Å². The smallest absolute Gasteiger partial charge is 0.264 e. The number of para-hydroxylation sites is 7. The molecule has 0 spiro atoms. The number of benzene rings is 14. The maximum atomic E-state index is 7.68. The van der Waals surface area contributed by atoms with E-state index in [9.17, 15) is 0 Å². The predicted octanol–water partition coefficient (Wildman–Crippen LogP) is 21.7. The summed E-state index contributed by atoms with van der Waals surface area (Å²) in [5.41, 5.74) is 26.5. The first-order valence-corrected chi connectivity index (χ1v) is 32.8. The van der Waals surface area contributed by atoms with Gasteiger partial charge in [0.05, 0.1) is 44.8 Å². The number of nitrogens with zero attached hydrogens (tertiary/aromatic N) is 4. The lowest BCUT2D eigenvalue weighted by Gasteiger charge is -2.44. The van der Waals surface area contributed by atoms with Gasteiger partial charge in [0.15, 0.2) is 5.58 Å². The fraction of sp³-hybridized carbons (Fsp3) is 0. The molecule has 6 heterocycles. The third-order valence-corrected chi connectivity index (χ3v) is 20.9. The zero-order chi connectivity index (χ0) is 60.8. The summed E-state index contributed by atoms with van der Waals surface area (Å²) in [5, 5.41) is 8.18. The summed E-state index contributed by atoms with van der Waals surface area (Å²) in [4.78, 5) is 5.32. The minimum atomic E-state index is -0.291. The third kappa shape index (κ3) is 7.63. The second-order valence-electron chi connectivity index (χ2n) is 24.6. The van der Waals surface area contributed by atoms with E-state index in [-0.39, 0.29) is 6.71 Å². The zero-order valence-electron chi connectivity index (χ0n) is 50.3. The third-order valence-electron chi connectivity index (χ3n) is 19.7. The highest BCUT2D eigenvalue weighted by atomic mass is 32.1. The van der Waals surface area contributed by atoms with Gasteiger partial charge in [0.1, 0.15) is 5.58 Å². The highest BCUT2D eigenvalue weighted by Crippen LogP contribution is 2.57. The fourth-order valence-corrected chi connectivity index (χ4v) is 17.1. The van der Waals surface area contributed by atoms with Gasteiger partial charge in [-0.05, 0) is 106 Å². The van der Waals surface area contributed by atoms with E-state index in [1.165, 1.54) is 58.4 Å². The van der Waals surface area contributed by atoms with Crippen LogP contribution in [-0.2, 0) is 0 Å². The number of thiophene rings is 1. The highest BCUT2D eigenvalue weighted by Gasteiger charge is 2.49. The van der Waals surface area contributed by atoms with Gasteiger partial charge < -0.3 is 23.4 Å². The minimum absolute atomic E-state index is 0.291. The van der Waals surface area contributed by atoms with Gasteiger partial charge in [-0.2, -0.15) is 0 Å². The number of hydrogen-bond donors (Lipinski definition) is 0. The predicted molar refractivity (Wildman–Crippen MR) is 394 cm³/mol. The van der Waals surface area contributed by atoms with Gasteiger partial charge in [0, 0.05) is 92.2 Å². The van der Waals surface area contributed by atoms with Crippen molar-refractivity contribution in [3.63, 3.8) is 0 Å². The van der Waals surface area contributed by atoms with Gasteiger partial charge >= 0.3 is 0 Å². The number of fused-ring (bicyclic) bond motifs is 16. The van der Waals surface area contributed by atoms with Crippen LogP contribution in [0.1, 0.15) is 0 Å². The van der Waals surface area contributed by atoms with Gasteiger partial charge in [-0.3, -0.25) is 0 Å². The lowest BCUT2D eigenvalue weighted by atomic mass is 9.36. The van der Waals surface area contributed by atoms with Crippen molar-refractivity contribution >= 4 is 144 Å². The fourth-order valence-electron chi connectivity index (χ4n) is 15.8. The average Bonchev–Trinajstić information content (AvgIpc) is 1.65. The Bertz CT molecular complexity index is 5860. The highest BCUT2D eigenvalue weighted by molar-refractivity contribution is 7.33. The van der Waals surface area contributed by atoms with E-state index in [4.69, 9.17) is 4.42 Å². The number of aromatic nitrogens is 2. The van der Waals surface area contributed by atoms with Crippen molar-refractivity contribution in [1.29, 1.82) is 0 Å². The van der Waals surface area contributed by atoms with Crippen LogP contribution in [0.25, 0.3) is 132 Å². The molecule has 5 nitrogen and oxygen atoms in total. The monoisotopic (exact) mass is 1200 g/mol. The van der Waals surface area contributed by atoms with Crippen LogP contribution in [0.4, 0.5) is 34.1 Å². The Balaban J connectivity index is 0.993. The minimum Gasteiger partial charge on any atom is -0.454 e. The molecule has 0 bridgehead atoms. The summed E-state index contributed by atoms with van der Waals surface area (Å²) in [6.07, 6.45) is 0. The first-order chi connectivity index (χ1) is 46.2. The lowest BCUT2D eigenvalue weighted by molar-refractivity contribution is 0.669. The Hall–Kier alpha value is -11.9. The molecular weight excluding hydrogens is 1150 g/mol. The molecular formula is C86H53BN4OS. The molecule has 4 aromatic heterocycles. The van der Waals surface area contributed by atoms with Crippen molar-refractivity contribution in [2.45, 2.75) is 0 Å². The standard InChI is InChI=1S/C86H53BN4OS/c1-5-25-54(26-6-1)60-38-23-39-61(55-27-7-2-8-28-55)81(60)90-76-49-47-59(89-74-44-20-15-35-66(74)67-36-16-21-45-75(67)89)52-71(76)87-80-77(90)53-69-68-37-17-22-46-78(68)92-85(69)84(80)91(82-62(56-29-9-3-10-30-56)40-24-41-63(82)57-31-11-4-12-32-57)83-70-51-58(48-50-79(70)93-86(83)87)88-72-42-18-13-33-64(72)65-34-14-19-43-73(65)88/h1-53H. The quantitative estimate of drug-likeness (QED) is 0.142. The number of furan rings is 1. The van der Waals surface area contributed by atoms with E-state index >= 15 is 0 Å². The summed E-state index contributed by atoms with van der Waals surface area (Å²) in [6.45, 7) is -0.291. The van der Waals surface area contributed by atoms with E-state index < -0.39 is 0 Å². The SMILES string of the molecule is c1ccc(-c2cccc(-c3ccccc3)c2N2c3ccc(-n4c5ccccc5c5ccccc54)cc3B3c4sc5ccc(-n6c7ccccc7c7ccccc76)cc5c4N(c4c(-c5ccccc5)cccc4-c4ccccc4)c4c3c2cc2c4oc3ccccc32)cc1. The van der Waals surface area contributed by atoms with E-state index in [1.807, 2.05) is 11.3 Å². The molecule has 93 heavy (non-hydrogen) atoms. The molecule has 2 aliphatic heterocycles. The Morgan fingerprint density at radius 1 is 0.290 bits per heavy atom. The normalized spacial score (nSPS) is 12.7. The van der Waals surface area contributed by atoms with Crippen molar-refractivity contribution < 1.29 is 4.42 Å². The van der Waals surface area contributed by atoms with E-state index in [0.717, 1.165) is 123 Å². The van der Waals surface area contributed by atoms with Crippen LogP contribution in [-0.4, -0.2) is 15.8 Å². The van der Waals surface area contributed by atoms with Crippen LogP contribution >= 0.6 is 11.3 Å². The van der Waals surface area contributed by atoms with Crippen LogP contribution in [0.5, 0.6) is 0 Å². The molecule has 0 N–H and O–H groups in total. The molecule has 20 rings (SSSR count). The topological polar surface area (TPSA) is 29.5 Å². The van der Waals surface area contributed by atoms with Gasteiger partial charge in [0.25, 0.3) is 6.71 Å². The molecule has 0 amide bonds. The van der Waals surface area contributed by atoms with Crippen molar-refractivity contribution in [2.75, 3.05) is 9.80 Å². The van der Waals surface area contributed by atoms with Crippen LogP contribution in [0.3, 0.4) is 0 Å². The number of hydrogen-bond acceptors (Lipinski definition) is 4. The second kappa shape index (κ2) is 20.3. The maximum Gasteiger partial charge on any atom is 0.264 e. The molecule has 0 atom stereocenters. The molecule has 18 aromatic rings. The Morgan fingerprint density at radius 3 is 1.20 bits per heavy atom. The van der Waals surface area contributed by atoms with E-state index in [2.05, 4.69) is 340 Å². The largest absolute Gasteiger partial charge is 0.454 e. The van der Waals surface area contributed by atoms with Crippen LogP contribution < -0.4 is 25.5 Å². The van der Waals surface area contributed by atoms with E-state index in [0.29, 0.717) is 0 Å². The maximum absolute atomic E-state index is 7.68. The molecule has 0 saturated carbocycles. The molecule has 0 radical (unpaired) electrons. The molecule has 0 fully saturated rings. The second-order valence-corrected chi connectivity index (χ2v) is 25.7. The van der Waals surface area contributed by atoms with Crippen molar-refractivity contribution in [2.24, 2.45) is 0 Å².